The Labute approximate surface area is 233 Å². The van der Waals surface area contributed by atoms with Crippen LogP contribution in [0.15, 0.2) is 64.2 Å². The highest BCUT2D eigenvalue weighted by Crippen LogP contribution is 2.33. The number of anilines is 1. The standard InChI is InChI=1S/C28H25Cl2N3O6/c1-3-23(35)39-25-20(31-26(36)24-18(29)8-4-9-19(24)30)10-5-11-22(25)33-27(37)17-15-16(7-6-14-34)12-13-21(17)32(2)28(33)38/h4-5,8-13,15,34H,3,6-7,14H2,1-2H3,(H,31,36). The number of carbonyl (C=O) groups excluding carboxylic acids is 2. The van der Waals surface area contributed by atoms with Gasteiger partial charge in [0.15, 0.2) is 5.75 Å². The van der Waals surface area contributed by atoms with Gasteiger partial charge in [-0.15, -0.1) is 0 Å². The monoisotopic (exact) mass is 569 g/mol. The first kappa shape index (κ1) is 28.1. The van der Waals surface area contributed by atoms with Crippen LogP contribution in [-0.2, 0) is 18.3 Å². The van der Waals surface area contributed by atoms with Gasteiger partial charge in [0.2, 0.25) is 0 Å². The number of fused-ring (bicyclic) bond motifs is 1. The van der Waals surface area contributed by atoms with Gasteiger partial charge in [-0.2, -0.15) is 0 Å². The Morgan fingerprint density at radius 2 is 1.72 bits per heavy atom. The van der Waals surface area contributed by atoms with Gasteiger partial charge in [-0.25, -0.2) is 9.36 Å². The molecule has 1 heterocycles. The summed E-state index contributed by atoms with van der Waals surface area (Å²) in [6.45, 7) is 1.58. The van der Waals surface area contributed by atoms with E-state index < -0.39 is 23.1 Å². The first-order chi connectivity index (χ1) is 18.7. The highest BCUT2D eigenvalue weighted by Gasteiger charge is 2.23. The number of aliphatic hydroxyl groups is 1. The van der Waals surface area contributed by atoms with E-state index in [4.69, 9.17) is 27.9 Å². The van der Waals surface area contributed by atoms with Crippen LogP contribution < -0.4 is 21.3 Å². The number of hydrogen-bond acceptors (Lipinski definition) is 6. The van der Waals surface area contributed by atoms with Crippen molar-refractivity contribution in [3.63, 3.8) is 0 Å². The maximum Gasteiger partial charge on any atom is 0.335 e. The fourth-order valence-electron chi connectivity index (χ4n) is 4.15. The lowest BCUT2D eigenvalue weighted by Gasteiger charge is -2.18. The molecule has 0 unspecified atom stereocenters. The Bertz CT molecular complexity index is 1690. The lowest BCUT2D eigenvalue weighted by atomic mass is 10.1. The Kier molecular flexibility index (Phi) is 8.54. The molecule has 11 heteroatoms. The molecule has 202 valence electrons. The van der Waals surface area contributed by atoms with Crippen molar-refractivity contribution in [2.75, 3.05) is 11.9 Å². The second-order valence-electron chi connectivity index (χ2n) is 8.69. The number of aliphatic hydroxyl groups excluding tert-OH is 1. The predicted molar refractivity (Wildman–Crippen MR) is 151 cm³/mol. The number of aryl methyl sites for hydroxylation is 2. The molecule has 0 fully saturated rings. The fourth-order valence-corrected chi connectivity index (χ4v) is 4.72. The molecule has 4 rings (SSSR count). The summed E-state index contributed by atoms with van der Waals surface area (Å²) in [4.78, 5) is 52.7. The molecule has 1 amide bonds. The van der Waals surface area contributed by atoms with E-state index in [1.807, 2.05) is 0 Å². The number of rotatable bonds is 8. The van der Waals surface area contributed by atoms with Crippen molar-refractivity contribution in [2.24, 2.45) is 7.05 Å². The molecule has 0 bridgehead atoms. The number of esters is 1. The van der Waals surface area contributed by atoms with Gasteiger partial charge in [0.25, 0.3) is 11.5 Å². The second-order valence-corrected chi connectivity index (χ2v) is 9.51. The number of amides is 1. The van der Waals surface area contributed by atoms with Crippen LogP contribution in [0, 0.1) is 0 Å². The van der Waals surface area contributed by atoms with Gasteiger partial charge >= 0.3 is 11.7 Å². The predicted octanol–water partition coefficient (Wildman–Crippen LogP) is 4.49. The third-order valence-electron chi connectivity index (χ3n) is 6.14. The number of carbonyl (C=O) groups is 2. The van der Waals surface area contributed by atoms with Crippen molar-refractivity contribution in [1.82, 2.24) is 9.13 Å². The maximum atomic E-state index is 13.7. The lowest BCUT2D eigenvalue weighted by Crippen LogP contribution is -2.38. The van der Waals surface area contributed by atoms with E-state index in [2.05, 4.69) is 5.32 Å². The number of benzene rings is 3. The van der Waals surface area contributed by atoms with Crippen molar-refractivity contribution in [3.8, 4) is 11.4 Å². The molecule has 0 aliphatic heterocycles. The second kappa shape index (κ2) is 11.9. The Morgan fingerprint density at radius 1 is 1.03 bits per heavy atom. The van der Waals surface area contributed by atoms with Gasteiger partial charge in [0, 0.05) is 20.1 Å². The van der Waals surface area contributed by atoms with Gasteiger partial charge in [-0.3, -0.25) is 19.0 Å². The minimum Gasteiger partial charge on any atom is -0.422 e. The highest BCUT2D eigenvalue weighted by molar-refractivity contribution is 6.40. The van der Waals surface area contributed by atoms with Gasteiger partial charge in [-0.05, 0) is 54.8 Å². The summed E-state index contributed by atoms with van der Waals surface area (Å²) >= 11 is 12.4. The topological polar surface area (TPSA) is 120 Å². The van der Waals surface area contributed by atoms with Crippen LogP contribution in [0.25, 0.3) is 16.6 Å². The van der Waals surface area contributed by atoms with E-state index in [0.717, 1.165) is 10.1 Å². The molecule has 0 spiro atoms. The zero-order valence-corrected chi connectivity index (χ0v) is 22.7. The summed E-state index contributed by atoms with van der Waals surface area (Å²) in [5.41, 5.74) is -0.0808. The van der Waals surface area contributed by atoms with Crippen LogP contribution in [-0.4, -0.2) is 32.7 Å². The summed E-state index contributed by atoms with van der Waals surface area (Å²) in [5, 5.41) is 12.3. The minimum atomic E-state index is -0.679. The normalized spacial score (nSPS) is 11.0. The number of ether oxygens (including phenoxy) is 1. The van der Waals surface area contributed by atoms with Crippen molar-refractivity contribution in [1.29, 1.82) is 0 Å². The molecule has 0 radical (unpaired) electrons. The molecule has 3 aromatic carbocycles. The van der Waals surface area contributed by atoms with Gasteiger partial charge < -0.3 is 15.2 Å². The molecule has 0 aliphatic carbocycles. The molecule has 1 aromatic heterocycles. The SMILES string of the molecule is CCC(=O)Oc1c(NC(=O)c2c(Cl)cccc2Cl)cccc1-n1c(=O)c2cc(CCCO)ccc2n(C)c1=O. The quantitative estimate of drug-likeness (QED) is 0.238. The van der Waals surface area contributed by atoms with Gasteiger partial charge in [0.1, 0.15) is 0 Å². The number of hydrogen-bond donors (Lipinski definition) is 2. The van der Waals surface area contributed by atoms with Crippen LogP contribution in [0.5, 0.6) is 5.75 Å². The first-order valence-electron chi connectivity index (χ1n) is 12.1. The highest BCUT2D eigenvalue weighted by atomic mass is 35.5. The zero-order valence-electron chi connectivity index (χ0n) is 21.2. The maximum absolute atomic E-state index is 13.7. The summed E-state index contributed by atoms with van der Waals surface area (Å²) < 4.78 is 7.77. The molecule has 0 saturated carbocycles. The molecule has 0 atom stereocenters. The lowest BCUT2D eigenvalue weighted by molar-refractivity contribution is -0.133. The third kappa shape index (κ3) is 5.61. The van der Waals surface area contributed by atoms with E-state index in [0.29, 0.717) is 18.4 Å². The fraction of sp³-hybridized carbons (Fsp3) is 0.214. The summed E-state index contributed by atoms with van der Waals surface area (Å²) in [5.74, 6) is -1.51. The molecule has 9 nitrogen and oxygen atoms in total. The number of aromatic nitrogens is 2. The molecule has 4 aromatic rings. The number of halogens is 2. The van der Waals surface area contributed by atoms with Gasteiger partial charge in [0.05, 0.1) is 37.9 Å². The number of para-hydroxylation sites is 1. The number of nitrogens with one attached hydrogen (secondary N) is 1. The molecule has 2 N–H and O–H groups in total. The van der Waals surface area contributed by atoms with Gasteiger partial charge in [-0.1, -0.05) is 48.3 Å². The zero-order chi connectivity index (χ0) is 28.3. The molecular formula is C28H25Cl2N3O6. The summed E-state index contributed by atoms with van der Waals surface area (Å²) in [7, 11) is 1.52. The third-order valence-corrected chi connectivity index (χ3v) is 6.77. The molecular weight excluding hydrogens is 545 g/mol. The van der Waals surface area contributed by atoms with Crippen molar-refractivity contribution < 1.29 is 19.4 Å². The first-order valence-corrected chi connectivity index (χ1v) is 12.9. The van der Waals surface area contributed by atoms with Crippen LogP contribution in [0.1, 0.15) is 35.7 Å². The average Bonchev–Trinajstić information content (AvgIpc) is 2.92. The molecule has 0 saturated heterocycles. The van der Waals surface area contributed by atoms with E-state index in [9.17, 15) is 24.3 Å². The largest absolute Gasteiger partial charge is 0.422 e. The van der Waals surface area contributed by atoms with Crippen LogP contribution >= 0.6 is 23.2 Å². The van der Waals surface area contributed by atoms with E-state index in [1.165, 1.54) is 41.9 Å². The Morgan fingerprint density at radius 3 is 2.38 bits per heavy atom. The molecule has 39 heavy (non-hydrogen) atoms. The smallest absolute Gasteiger partial charge is 0.335 e. The Balaban J connectivity index is 1.93. The van der Waals surface area contributed by atoms with Crippen LogP contribution in [0.3, 0.4) is 0 Å². The number of nitrogens with zero attached hydrogens (tertiary/aromatic N) is 2. The van der Waals surface area contributed by atoms with Crippen molar-refractivity contribution in [2.45, 2.75) is 26.2 Å². The Hall–Kier alpha value is -3.92. The minimum absolute atomic E-state index is 0.000378. The van der Waals surface area contributed by atoms with Crippen molar-refractivity contribution in [3.05, 3.63) is 96.6 Å². The molecule has 0 aliphatic rings. The van der Waals surface area contributed by atoms with E-state index in [-0.39, 0.29) is 51.1 Å². The van der Waals surface area contributed by atoms with Crippen LogP contribution in [0.2, 0.25) is 10.0 Å². The summed E-state index contributed by atoms with van der Waals surface area (Å²) in [6.07, 6.45) is 1.05. The summed E-state index contributed by atoms with van der Waals surface area (Å²) in [6, 6.07) is 14.2. The van der Waals surface area contributed by atoms with E-state index >= 15 is 0 Å². The average molecular weight is 570 g/mol. The van der Waals surface area contributed by atoms with E-state index in [1.54, 1.807) is 31.2 Å². The van der Waals surface area contributed by atoms with Crippen molar-refractivity contribution >= 4 is 51.7 Å². The van der Waals surface area contributed by atoms with Crippen LogP contribution in [0.4, 0.5) is 5.69 Å².